The van der Waals surface area contributed by atoms with Crippen LogP contribution in [-0.2, 0) is 4.74 Å². The quantitative estimate of drug-likeness (QED) is 0.579. The Labute approximate surface area is 114 Å². The molecule has 2 rings (SSSR count). The van der Waals surface area contributed by atoms with Crippen molar-refractivity contribution >= 4 is 0 Å². The third kappa shape index (κ3) is 4.65. The standard InChI is InChI=1S/C14H26F2N2O/c15-14(16)8-2-4-11(10-14)13(18-17)7-1-5-12-6-3-9-19-12/h11-13,18H,1-10,17H2. The maximum Gasteiger partial charge on any atom is 0.248 e. The van der Waals surface area contributed by atoms with Crippen molar-refractivity contribution < 1.29 is 13.5 Å². The number of hydrogen-bond donors (Lipinski definition) is 2. The second-order valence-electron chi connectivity index (χ2n) is 6.05. The fourth-order valence-corrected chi connectivity index (χ4v) is 3.45. The number of hydrogen-bond acceptors (Lipinski definition) is 3. The fourth-order valence-electron chi connectivity index (χ4n) is 3.45. The first-order chi connectivity index (χ1) is 9.11. The molecule has 1 aliphatic heterocycles. The lowest BCUT2D eigenvalue weighted by Crippen LogP contribution is -2.44. The third-order valence-corrected chi connectivity index (χ3v) is 4.53. The largest absolute Gasteiger partial charge is 0.378 e. The van der Waals surface area contributed by atoms with E-state index in [9.17, 15) is 8.78 Å². The molecular weight excluding hydrogens is 250 g/mol. The van der Waals surface area contributed by atoms with Crippen molar-refractivity contribution in [2.45, 2.75) is 75.9 Å². The van der Waals surface area contributed by atoms with Crippen molar-refractivity contribution in [3.63, 3.8) is 0 Å². The van der Waals surface area contributed by atoms with Gasteiger partial charge in [0, 0.05) is 25.5 Å². The van der Waals surface area contributed by atoms with Gasteiger partial charge in [0.15, 0.2) is 0 Å². The van der Waals surface area contributed by atoms with Crippen LogP contribution < -0.4 is 11.3 Å². The Kier molecular flexibility index (Phi) is 5.54. The molecule has 3 unspecified atom stereocenters. The highest BCUT2D eigenvalue weighted by Gasteiger charge is 2.38. The average molecular weight is 276 g/mol. The summed E-state index contributed by atoms with van der Waals surface area (Å²) in [5.74, 6) is 3.08. The molecule has 0 bridgehead atoms. The summed E-state index contributed by atoms with van der Waals surface area (Å²) in [6.45, 7) is 0.873. The SMILES string of the molecule is NNC(CCCC1CCCO1)C1CCCC(F)(F)C1. The molecule has 1 saturated carbocycles. The van der Waals surface area contributed by atoms with Crippen LogP contribution in [0.5, 0.6) is 0 Å². The van der Waals surface area contributed by atoms with E-state index in [0.29, 0.717) is 12.5 Å². The van der Waals surface area contributed by atoms with Gasteiger partial charge in [-0.2, -0.15) is 0 Å². The first kappa shape index (κ1) is 15.1. The number of alkyl halides is 2. The van der Waals surface area contributed by atoms with Gasteiger partial charge in [-0.15, -0.1) is 0 Å². The first-order valence-electron chi connectivity index (χ1n) is 7.56. The van der Waals surface area contributed by atoms with Crippen molar-refractivity contribution in [3.8, 4) is 0 Å². The molecule has 0 spiro atoms. The Morgan fingerprint density at radius 3 is 2.79 bits per heavy atom. The van der Waals surface area contributed by atoms with E-state index in [0.717, 1.165) is 45.1 Å². The maximum absolute atomic E-state index is 13.4. The monoisotopic (exact) mass is 276 g/mol. The van der Waals surface area contributed by atoms with Gasteiger partial charge in [-0.25, -0.2) is 8.78 Å². The number of halogens is 2. The van der Waals surface area contributed by atoms with Gasteiger partial charge < -0.3 is 4.74 Å². The van der Waals surface area contributed by atoms with E-state index < -0.39 is 5.92 Å². The smallest absolute Gasteiger partial charge is 0.248 e. The Hall–Kier alpha value is -0.260. The average Bonchev–Trinajstić information content (AvgIpc) is 2.86. The van der Waals surface area contributed by atoms with E-state index in [4.69, 9.17) is 10.6 Å². The van der Waals surface area contributed by atoms with Crippen LogP contribution in [0.2, 0.25) is 0 Å². The topological polar surface area (TPSA) is 47.3 Å². The summed E-state index contributed by atoms with van der Waals surface area (Å²) in [7, 11) is 0. The van der Waals surface area contributed by atoms with Crippen molar-refractivity contribution in [2.75, 3.05) is 6.61 Å². The van der Waals surface area contributed by atoms with Crippen LogP contribution in [0.1, 0.15) is 57.8 Å². The zero-order valence-corrected chi connectivity index (χ0v) is 11.5. The van der Waals surface area contributed by atoms with Crippen LogP contribution in [-0.4, -0.2) is 24.7 Å². The molecule has 1 saturated heterocycles. The first-order valence-corrected chi connectivity index (χ1v) is 7.56. The van der Waals surface area contributed by atoms with Gasteiger partial charge in [-0.05, 0) is 50.9 Å². The Balaban J connectivity index is 1.72. The normalized spacial score (nSPS) is 32.4. The van der Waals surface area contributed by atoms with E-state index in [1.54, 1.807) is 0 Å². The molecule has 3 nitrogen and oxygen atoms in total. The van der Waals surface area contributed by atoms with Crippen LogP contribution in [0.15, 0.2) is 0 Å². The molecule has 3 atom stereocenters. The Morgan fingerprint density at radius 1 is 1.32 bits per heavy atom. The molecule has 19 heavy (non-hydrogen) atoms. The highest BCUT2D eigenvalue weighted by molar-refractivity contribution is 4.85. The van der Waals surface area contributed by atoms with Crippen LogP contribution >= 0.6 is 0 Å². The van der Waals surface area contributed by atoms with Crippen LogP contribution in [0, 0.1) is 5.92 Å². The van der Waals surface area contributed by atoms with Gasteiger partial charge in [-0.3, -0.25) is 11.3 Å². The lowest BCUT2D eigenvalue weighted by atomic mass is 9.80. The molecule has 0 amide bonds. The van der Waals surface area contributed by atoms with Gasteiger partial charge in [0.1, 0.15) is 0 Å². The molecule has 0 radical (unpaired) electrons. The van der Waals surface area contributed by atoms with E-state index in [-0.39, 0.29) is 24.8 Å². The summed E-state index contributed by atoms with van der Waals surface area (Å²) >= 11 is 0. The summed E-state index contributed by atoms with van der Waals surface area (Å²) in [5.41, 5.74) is 2.76. The Bertz CT molecular complexity index is 270. The molecule has 1 aliphatic carbocycles. The lowest BCUT2D eigenvalue weighted by molar-refractivity contribution is -0.0588. The number of hydrazine groups is 1. The van der Waals surface area contributed by atoms with E-state index in [1.165, 1.54) is 0 Å². The zero-order chi connectivity index (χ0) is 13.7. The Morgan fingerprint density at radius 2 is 2.16 bits per heavy atom. The zero-order valence-electron chi connectivity index (χ0n) is 11.5. The summed E-state index contributed by atoms with van der Waals surface area (Å²) < 4.78 is 32.4. The van der Waals surface area contributed by atoms with Gasteiger partial charge in [0.05, 0.1) is 6.10 Å². The lowest BCUT2D eigenvalue weighted by Gasteiger charge is -2.34. The van der Waals surface area contributed by atoms with Crippen molar-refractivity contribution in [3.05, 3.63) is 0 Å². The number of rotatable bonds is 6. The van der Waals surface area contributed by atoms with Crippen LogP contribution in [0.3, 0.4) is 0 Å². The van der Waals surface area contributed by atoms with Crippen molar-refractivity contribution in [1.82, 2.24) is 5.43 Å². The predicted octanol–water partition coefficient (Wildman–Crippen LogP) is 2.99. The second kappa shape index (κ2) is 6.95. The number of nitrogens with two attached hydrogens (primary N) is 1. The van der Waals surface area contributed by atoms with Gasteiger partial charge in [-0.1, -0.05) is 0 Å². The van der Waals surface area contributed by atoms with Gasteiger partial charge >= 0.3 is 0 Å². The molecule has 112 valence electrons. The van der Waals surface area contributed by atoms with Gasteiger partial charge in [0.25, 0.3) is 0 Å². The molecular formula is C14H26F2N2O. The molecule has 3 N–H and O–H groups in total. The second-order valence-corrected chi connectivity index (χ2v) is 6.05. The van der Waals surface area contributed by atoms with Gasteiger partial charge in [0.2, 0.25) is 5.92 Å². The van der Waals surface area contributed by atoms with E-state index in [1.807, 2.05) is 0 Å². The molecule has 0 aromatic rings. The summed E-state index contributed by atoms with van der Waals surface area (Å²) in [6.07, 6.45) is 7.08. The van der Waals surface area contributed by atoms with Crippen LogP contribution in [0.25, 0.3) is 0 Å². The minimum atomic E-state index is -2.49. The summed E-state index contributed by atoms with van der Waals surface area (Å²) in [6, 6.07) is 0.0209. The maximum atomic E-state index is 13.4. The molecule has 2 aliphatic rings. The molecule has 5 heteroatoms. The molecule has 2 fully saturated rings. The minimum absolute atomic E-state index is 0.0121. The molecule has 0 aromatic carbocycles. The molecule has 0 aromatic heterocycles. The van der Waals surface area contributed by atoms with Crippen molar-refractivity contribution in [2.24, 2.45) is 11.8 Å². The highest BCUT2D eigenvalue weighted by atomic mass is 19.3. The predicted molar refractivity (Wildman–Crippen MR) is 70.8 cm³/mol. The van der Waals surface area contributed by atoms with E-state index in [2.05, 4.69) is 5.43 Å². The fraction of sp³-hybridized carbons (Fsp3) is 1.00. The summed E-state index contributed by atoms with van der Waals surface area (Å²) in [4.78, 5) is 0. The van der Waals surface area contributed by atoms with E-state index >= 15 is 0 Å². The summed E-state index contributed by atoms with van der Waals surface area (Å²) in [5, 5.41) is 0. The highest BCUT2D eigenvalue weighted by Crippen LogP contribution is 2.38. The minimum Gasteiger partial charge on any atom is -0.378 e. The van der Waals surface area contributed by atoms with Crippen LogP contribution in [0.4, 0.5) is 8.78 Å². The number of ether oxygens (including phenoxy) is 1. The molecule has 1 heterocycles. The van der Waals surface area contributed by atoms with Crippen molar-refractivity contribution in [1.29, 1.82) is 0 Å². The third-order valence-electron chi connectivity index (χ3n) is 4.53. The number of nitrogens with one attached hydrogen (secondary N) is 1.